The highest BCUT2D eigenvalue weighted by Crippen LogP contribution is 2.37. The van der Waals surface area contributed by atoms with Crippen LogP contribution in [0.2, 0.25) is 0 Å². The lowest BCUT2D eigenvalue weighted by Crippen LogP contribution is -2.37. The second-order valence-electron chi connectivity index (χ2n) is 4.44. The molecule has 6 heteroatoms. The van der Waals surface area contributed by atoms with Gasteiger partial charge in [-0.2, -0.15) is 13.2 Å². The summed E-state index contributed by atoms with van der Waals surface area (Å²) in [5.41, 5.74) is -2.35. The Morgan fingerprint density at radius 2 is 1.79 bits per heavy atom. The number of carbonyl (C=O) groups is 1. The Kier molecular flexibility index (Phi) is 3.24. The van der Waals surface area contributed by atoms with E-state index in [1.54, 1.807) is 0 Å². The largest absolute Gasteiger partial charge is 0.416 e. The van der Waals surface area contributed by atoms with Crippen molar-refractivity contribution in [1.82, 2.24) is 0 Å². The van der Waals surface area contributed by atoms with Crippen molar-refractivity contribution in [2.24, 2.45) is 0 Å². The maximum Gasteiger partial charge on any atom is 0.416 e. The summed E-state index contributed by atoms with van der Waals surface area (Å²) in [6, 6.07) is 3.97. The topological polar surface area (TPSA) is 57.5 Å². The van der Waals surface area contributed by atoms with Crippen LogP contribution in [-0.2, 0) is 11.0 Å². The molecule has 0 aliphatic heterocycles. The number of allylic oxidation sites excluding steroid dienone is 1. The van der Waals surface area contributed by atoms with Crippen LogP contribution < -0.4 is 0 Å². The highest BCUT2D eigenvalue weighted by Gasteiger charge is 2.43. The van der Waals surface area contributed by atoms with Crippen molar-refractivity contribution in [3.8, 4) is 0 Å². The zero-order valence-electron chi connectivity index (χ0n) is 9.69. The van der Waals surface area contributed by atoms with E-state index in [-0.39, 0.29) is 5.56 Å². The molecule has 2 rings (SSSR count). The van der Waals surface area contributed by atoms with E-state index in [1.807, 2.05) is 0 Å². The molecule has 0 radical (unpaired) electrons. The molecule has 1 aliphatic rings. The number of halogens is 3. The number of benzene rings is 1. The van der Waals surface area contributed by atoms with E-state index in [4.69, 9.17) is 5.11 Å². The van der Waals surface area contributed by atoms with Gasteiger partial charge in [-0.3, -0.25) is 4.79 Å². The van der Waals surface area contributed by atoms with Gasteiger partial charge in [-0.15, -0.1) is 0 Å². The summed E-state index contributed by atoms with van der Waals surface area (Å²) in [7, 11) is 0. The molecule has 2 N–H and O–H groups in total. The number of alkyl halides is 3. The highest BCUT2D eigenvalue weighted by atomic mass is 19.4. The molecule has 0 spiro atoms. The summed E-state index contributed by atoms with van der Waals surface area (Å²) < 4.78 is 37.3. The number of hydrogen-bond donors (Lipinski definition) is 2. The van der Waals surface area contributed by atoms with Crippen LogP contribution in [-0.4, -0.2) is 28.2 Å². The SMILES string of the molecule is O=C1C=C[C@@](O)(CO)C1c1ccc(C(F)(F)F)cc1. The molecule has 2 atom stereocenters. The van der Waals surface area contributed by atoms with E-state index in [9.17, 15) is 23.1 Å². The Morgan fingerprint density at radius 1 is 1.21 bits per heavy atom. The third-order valence-electron chi connectivity index (χ3n) is 3.15. The maximum absolute atomic E-state index is 12.4. The fourth-order valence-electron chi connectivity index (χ4n) is 2.13. The van der Waals surface area contributed by atoms with Gasteiger partial charge in [-0.1, -0.05) is 12.1 Å². The van der Waals surface area contributed by atoms with E-state index < -0.39 is 35.6 Å². The summed E-state index contributed by atoms with van der Waals surface area (Å²) in [4.78, 5) is 11.7. The van der Waals surface area contributed by atoms with Crippen molar-refractivity contribution in [1.29, 1.82) is 0 Å². The number of hydrogen-bond acceptors (Lipinski definition) is 3. The Bertz CT molecular complexity index is 519. The molecule has 0 heterocycles. The van der Waals surface area contributed by atoms with Crippen molar-refractivity contribution >= 4 is 5.78 Å². The van der Waals surface area contributed by atoms with Crippen LogP contribution in [0.3, 0.4) is 0 Å². The molecule has 0 saturated heterocycles. The fraction of sp³-hybridized carbons (Fsp3) is 0.308. The van der Waals surface area contributed by atoms with Crippen LogP contribution in [0.5, 0.6) is 0 Å². The minimum atomic E-state index is -4.45. The van der Waals surface area contributed by atoms with Gasteiger partial charge in [0.25, 0.3) is 0 Å². The molecule has 0 fully saturated rings. The highest BCUT2D eigenvalue weighted by molar-refractivity contribution is 5.99. The van der Waals surface area contributed by atoms with Crippen LogP contribution in [0, 0.1) is 0 Å². The molecule has 0 aromatic heterocycles. The van der Waals surface area contributed by atoms with Crippen molar-refractivity contribution in [2.45, 2.75) is 17.7 Å². The van der Waals surface area contributed by atoms with Crippen LogP contribution in [0.4, 0.5) is 13.2 Å². The average Bonchev–Trinajstić information content (AvgIpc) is 2.65. The second kappa shape index (κ2) is 4.47. The molecule has 102 valence electrons. The second-order valence-corrected chi connectivity index (χ2v) is 4.44. The van der Waals surface area contributed by atoms with Gasteiger partial charge in [0, 0.05) is 0 Å². The number of carbonyl (C=O) groups excluding carboxylic acids is 1. The van der Waals surface area contributed by atoms with Crippen LogP contribution in [0.1, 0.15) is 17.0 Å². The molecule has 0 bridgehead atoms. The fourth-order valence-corrected chi connectivity index (χ4v) is 2.13. The van der Waals surface area contributed by atoms with Crippen molar-refractivity contribution in [2.75, 3.05) is 6.61 Å². The standard InChI is InChI=1S/C13H11F3O3/c14-13(15,16)9-3-1-8(2-4-9)11-10(18)5-6-12(11,19)7-17/h1-6,11,17,19H,7H2/t11?,12-/m1/s1. The van der Waals surface area contributed by atoms with Gasteiger partial charge < -0.3 is 10.2 Å². The Hall–Kier alpha value is -1.66. The predicted octanol–water partition coefficient (Wildman–Crippen LogP) is 1.65. The van der Waals surface area contributed by atoms with E-state index in [0.29, 0.717) is 0 Å². The lowest BCUT2D eigenvalue weighted by molar-refractivity contribution is -0.137. The van der Waals surface area contributed by atoms with Gasteiger partial charge in [-0.25, -0.2) is 0 Å². The summed E-state index contributed by atoms with van der Waals surface area (Å²) in [5.74, 6) is -1.52. The van der Waals surface area contributed by atoms with Crippen molar-refractivity contribution < 1.29 is 28.2 Å². The van der Waals surface area contributed by atoms with E-state index in [0.717, 1.165) is 36.4 Å². The zero-order chi connectivity index (χ0) is 14.3. The smallest absolute Gasteiger partial charge is 0.393 e. The van der Waals surface area contributed by atoms with Gasteiger partial charge in [0.1, 0.15) is 5.60 Å². The normalized spacial score (nSPS) is 27.0. The zero-order valence-corrected chi connectivity index (χ0v) is 9.69. The maximum atomic E-state index is 12.4. The molecule has 19 heavy (non-hydrogen) atoms. The lowest BCUT2D eigenvalue weighted by atomic mass is 9.84. The van der Waals surface area contributed by atoms with Crippen molar-refractivity contribution in [3.63, 3.8) is 0 Å². The first-order chi connectivity index (χ1) is 8.78. The molecule has 3 nitrogen and oxygen atoms in total. The molecule has 1 aliphatic carbocycles. The first-order valence-corrected chi connectivity index (χ1v) is 5.51. The monoisotopic (exact) mass is 272 g/mol. The number of rotatable bonds is 2. The number of ketones is 1. The third kappa shape index (κ3) is 2.41. The third-order valence-corrected chi connectivity index (χ3v) is 3.15. The molecule has 1 aromatic rings. The van der Waals surface area contributed by atoms with Gasteiger partial charge in [0.05, 0.1) is 18.1 Å². The molecule has 0 saturated carbocycles. The Morgan fingerprint density at radius 3 is 2.26 bits per heavy atom. The quantitative estimate of drug-likeness (QED) is 0.860. The van der Waals surface area contributed by atoms with E-state index in [1.165, 1.54) is 0 Å². The van der Waals surface area contributed by atoms with Crippen molar-refractivity contribution in [3.05, 3.63) is 47.5 Å². The molecule has 1 unspecified atom stereocenters. The summed E-state index contributed by atoms with van der Waals surface area (Å²) >= 11 is 0. The van der Waals surface area contributed by atoms with E-state index in [2.05, 4.69) is 0 Å². The van der Waals surface area contributed by atoms with Crippen LogP contribution in [0.25, 0.3) is 0 Å². The first-order valence-electron chi connectivity index (χ1n) is 5.51. The van der Waals surface area contributed by atoms with Crippen LogP contribution in [0.15, 0.2) is 36.4 Å². The minimum absolute atomic E-state index is 0.236. The van der Waals surface area contributed by atoms with Gasteiger partial charge in [0.2, 0.25) is 0 Å². The summed E-state index contributed by atoms with van der Waals surface area (Å²) in [6.45, 7) is -0.680. The lowest BCUT2D eigenvalue weighted by Gasteiger charge is -2.26. The Balaban J connectivity index is 2.35. The van der Waals surface area contributed by atoms with E-state index >= 15 is 0 Å². The number of aliphatic hydroxyl groups excluding tert-OH is 1. The molecule has 1 aromatic carbocycles. The van der Waals surface area contributed by atoms with Gasteiger partial charge >= 0.3 is 6.18 Å². The Labute approximate surface area is 107 Å². The number of aliphatic hydroxyl groups is 2. The summed E-state index contributed by atoms with van der Waals surface area (Å²) in [6.07, 6.45) is -2.17. The summed E-state index contributed by atoms with van der Waals surface area (Å²) in [5, 5.41) is 19.2. The molecular weight excluding hydrogens is 261 g/mol. The molecule has 0 amide bonds. The minimum Gasteiger partial charge on any atom is -0.393 e. The average molecular weight is 272 g/mol. The predicted molar refractivity (Wildman–Crippen MR) is 60.4 cm³/mol. The van der Waals surface area contributed by atoms with Gasteiger partial charge in [-0.05, 0) is 29.8 Å². The molecular formula is C13H11F3O3. The van der Waals surface area contributed by atoms with Gasteiger partial charge in [0.15, 0.2) is 5.78 Å². The van der Waals surface area contributed by atoms with Crippen LogP contribution >= 0.6 is 0 Å². The first kappa shape index (κ1) is 13.8.